The summed E-state index contributed by atoms with van der Waals surface area (Å²) in [6, 6.07) is 18.8. The Balaban J connectivity index is 0.000000312. The molecule has 3 aromatic rings. The summed E-state index contributed by atoms with van der Waals surface area (Å²) < 4.78 is 5.36. The Morgan fingerprint density at radius 2 is 1.59 bits per heavy atom. The highest BCUT2D eigenvalue weighted by molar-refractivity contribution is 5.89. The zero-order chi connectivity index (χ0) is 22.8. The maximum Gasteiger partial charge on any atom is 0.328 e. The van der Waals surface area contributed by atoms with Gasteiger partial charge in [0.25, 0.3) is 0 Å². The molecular formula is C25H26N2O5. The van der Waals surface area contributed by atoms with Crippen LogP contribution in [-0.2, 0) is 16.1 Å². The van der Waals surface area contributed by atoms with Gasteiger partial charge < -0.3 is 14.7 Å². The molecule has 1 saturated heterocycles. The fourth-order valence-electron chi connectivity index (χ4n) is 3.54. The summed E-state index contributed by atoms with van der Waals surface area (Å²) in [4.78, 5) is 21.7. The highest BCUT2D eigenvalue weighted by atomic mass is 16.5. The minimum atomic E-state index is -1.26. The lowest BCUT2D eigenvalue weighted by Crippen LogP contribution is -2.32. The minimum absolute atomic E-state index is 0.558. The molecule has 4 rings (SSSR count). The van der Waals surface area contributed by atoms with Crippen molar-refractivity contribution in [3.05, 3.63) is 84.1 Å². The molecule has 2 heterocycles. The Hall–Kier alpha value is -3.71. The van der Waals surface area contributed by atoms with Crippen LogP contribution in [-0.4, -0.2) is 45.3 Å². The van der Waals surface area contributed by atoms with E-state index in [1.807, 2.05) is 18.2 Å². The Bertz CT molecular complexity index is 1060. The molecule has 1 aliphatic heterocycles. The average molecular weight is 434 g/mol. The van der Waals surface area contributed by atoms with E-state index in [-0.39, 0.29) is 0 Å². The number of para-hydroxylation sites is 1. The van der Waals surface area contributed by atoms with Crippen molar-refractivity contribution < 1.29 is 24.3 Å². The lowest BCUT2D eigenvalue weighted by Gasteiger charge is -2.30. The van der Waals surface area contributed by atoms with E-state index in [1.165, 1.54) is 18.4 Å². The van der Waals surface area contributed by atoms with E-state index in [0.717, 1.165) is 36.3 Å². The second-order valence-corrected chi connectivity index (χ2v) is 7.53. The fourth-order valence-corrected chi connectivity index (χ4v) is 3.54. The van der Waals surface area contributed by atoms with Crippen molar-refractivity contribution in [1.82, 2.24) is 10.1 Å². The smallest absolute Gasteiger partial charge is 0.328 e. The van der Waals surface area contributed by atoms with Gasteiger partial charge in [-0.2, -0.15) is 0 Å². The number of fused-ring (bicyclic) bond motifs is 1. The fraction of sp³-hybridized carbons (Fsp3) is 0.240. The number of piperidine rings is 1. The van der Waals surface area contributed by atoms with Crippen molar-refractivity contribution in [3.8, 4) is 0 Å². The van der Waals surface area contributed by atoms with Crippen LogP contribution in [0.4, 0.5) is 0 Å². The van der Waals surface area contributed by atoms with Crippen LogP contribution in [0.3, 0.4) is 0 Å². The van der Waals surface area contributed by atoms with Crippen LogP contribution in [0.5, 0.6) is 0 Å². The zero-order valence-electron chi connectivity index (χ0n) is 17.6. The molecule has 7 heteroatoms. The van der Waals surface area contributed by atoms with Crippen molar-refractivity contribution in [2.45, 2.75) is 19.4 Å². The third-order valence-corrected chi connectivity index (χ3v) is 5.18. The van der Waals surface area contributed by atoms with Crippen LogP contribution in [0.25, 0.3) is 17.0 Å². The van der Waals surface area contributed by atoms with Crippen LogP contribution < -0.4 is 0 Å². The van der Waals surface area contributed by atoms with E-state index >= 15 is 0 Å². The molecule has 7 nitrogen and oxygen atoms in total. The molecule has 0 unspecified atom stereocenters. The van der Waals surface area contributed by atoms with Gasteiger partial charge in [0.2, 0.25) is 0 Å². The summed E-state index contributed by atoms with van der Waals surface area (Å²) in [5, 5.41) is 20.9. The van der Waals surface area contributed by atoms with Crippen molar-refractivity contribution in [1.29, 1.82) is 0 Å². The summed E-state index contributed by atoms with van der Waals surface area (Å²) in [5.41, 5.74) is 3.20. The van der Waals surface area contributed by atoms with Crippen LogP contribution >= 0.6 is 0 Å². The number of carboxylic acids is 2. The minimum Gasteiger partial charge on any atom is -0.478 e. The second kappa shape index (κ2) is 11.6. The first-order valence-corrected chi connectivity index (χ1v) is 10.4. The Morgan fingerprint density at radius 3 is 2.25 bits per heavy atom. The van der Waals surface area contributed by atoms with Crippen LogP contribution in [0.2, 0.25) is 0 Å². The number of nitrogens with zero attached hydrogens (tertiary/aromatic N) is 2. The first-order valence-electron chi connectivity index (χ1n) is 10.4. The molecule has 32 heavy (non-hydrogen) atoms. The lowest BCUT2D eigenvalue weighted by molar-refractivity contribution is -0.134. The predicted molar refractivity (Wildman–Crippen MR) is 122 cm³/mol. The van der Waals surface area contributed by atoms with E-state index in [9.17, 15) is 9.59 Å². The molecule has 0 aliphatic carbocycles. The van der Waals surface area contributed by atoms with Gasteiger partial charge in [-0.3, -0.25) is 4.90 Å². The largest absolute Gasteiger partial charge is 0.478 e. The molecule has 2 N–H and O–H groups in total. The normalized spacial score (nSPS) is 15.1. The van der Waals surface area contributed by atoms with Crippen LogP contribution in [0, 0.1) is 5.92 Å². The van der Waals surface area contributed by atoms with Crippen molar-refractivity contribution in [2.75, 3.05) is 13.1 Å². The number of aliphatic carboxylic acids is 2. The van der Waals surface area contributed by atoms with Crippen LogP contribution in [0.15, 0.2) is 77.3 Å². The summed E-state index contributed by atoms with van der Waals surface area (Å²) in [6.45, 7) is 3.37. The highest BCUT2D eigenvalue weighted by Gasteiger charge is 2.17. The number of benzene rings is 2. The Morgan fingerprint density at radius 1 is 0.969 bits per heavy atom. The van der Waals surface area contributed by atoms with Gasteiger partial charge in [-0.15, -0.1) is 0 Å². The third-order valence-electron chi connectivity index (χ3n) is 5.18. The third kappa shape index (κ3) is 7.21. The molecule has 1 fully saturated rings. The van der Waals surface area contributed by atoms with Gasteiger partial charge in [0.05, 0.1) is 0 Å². The number of likely N-dealkylation sites (tertiary alicyclic amines) is 1. The molecule has 2 aromatic carbocycles. The van der Waals surface area contributed by atoms with Crippen molar-refractivity contribution in [3.63, 3.8) is 0 Å². The number of rotatable bonds is 6. The predicted octanol–water partition coefficient (Wildman–Crippen LogP) is 4.47. The molecule has 0 saturated carbocycles. The molecule has 0 spiro atoms. The summed E-state index contributed by atoms with van der Waals surface area (Å²) in [6.07, 6.45) is 7.97. The van der Waals surface area contributed by atoms with E-state index in [4.69, 9.17) is 14.7 Å². The first-order chi connectivity index (χ1) is 15.5. The first kappa shape index (κ1) is 23.0. The maximum atomic E-state index is 9.55. The van der Waals surface area contributed by atoms with Gasteiger partial charge >= 0.3 is 11.9 Å². The summed E-state index contributed by atoms with van der Waals surface area (Å²) in [5.74, 6) is -1.88. The van der Waals surface area contributed by atoms with Crippen molar-refractivity contribution >= 4 is 29.0 Å². The van der Waals surface area contributed by atoms with E-state index in [1.54, 1.807) is 0 Å². The highest BCUT2D eigenvalue weighted by Crippen LogP contribution is 2.23. The molecular weight excluding hydrogens is 408 g/mol. The van der Waals surface area contributed by atoms with Gasteiger partial charge in [0.1, 0.15) is 5.69 Å². The second-order valence-electron chi connectivity index (χ2n) is 7.53. The van der Waals surface area contributed by atoms with E-state index < -0.39 is 11.9 Å². The quantitative estimate of drug-likeness (QED) is 0.552. The van der Waals surface area contributed by atoms with Gasteiger partial charge in [-0.1, -0.05) is 53.7 Å². The maximum absolute atomic E-state index is 9.55. The molecule has 1 aromatic heterocycles. The van der Waals surface area contributed by atoms with E-state index in [0.29, 0.717) is 18.1 Å². The molecule has 1 aliphatic rings. The molecule has 0 radical (unpaired) electrons. The number of carbonyl (C=O) groups is 2. The van der Waals surface area contributed by atoms with Gasteiger partial charge in [0.15, 0.2) is 5.58 Å². The number of allylic oxidation sites excluding steroid dienone is 1. The van der Waals surface area contributed by atoms with E-state index in [2.05, 4.69) is 58.6 Å². The molecule has 0 amide bonds. The summed E-state index contributed by atoms with van der Waals surface area (Å²) >= 11 is 0. The number of aromatic nitrogens is 1. The van der Waals surface area contributed by atoms with Gasteiger partial charge in [0, 0.05) is 24.1 Å². The van der Waals surface area contributed by atoms with Gasteiger partial charge in [-0.25, -0.2) is 9.59 Å². The zero-order valence-corrected chi connectivity index (χ0v) is 17.6. The molecule has 0 atom stereocenters. The van der Waals surface area contributed by atoms with Crippen LogP contribution in [0.1, 0.15) is 24.1 Å². The standard InChI is InChI=1S/C21H22N2O.C4H4O4/c1-2-6-18(7-3-1)16-23-14-12-17(13-15-23)10-11-20-19-8-4-5-9-21(19)24-22-20;5-3(6)1-2-4(7)8/h1-11,17H,12-16H2;1-2H,(H,5,6)(H,7,8). The number of carboxylic acid groups (broad SMARTS) is 2. The average Bonchev–Trinajstić information content (AvgIpc) is 3.22. The SMILES string of the molecule is C(=CC1CCN(Cc2ccccc2)CC1)c1noc2ccccc12.O=C(O)C=CC(=O)O. The number of hydrogen-bond acceptors (Lipinski definition) is 5. The molecule has 166 valence electrons. The monoisotopic (exact) mass is 434 g/mol. The van der Waals surface area contributed by atoms with Gasteiger partial charge in [-0.05, 0) is 55.6 Å². The number of hydrogen-bond donors (Lipinski definition) is 2. The summed E-state index contributed by atoms with van der Waals surface area (Å²) in [7, 11) is 0. The Kier molecular flexibility index (Phi) is 8.34. The Labute approximate surface area is 186 Å². The lowest BCUT2D eigenvalue weighted by atomic mass is 9.95. The topological polar surface area (TPSA) is 104 Å². The van der Waals surface area contributed by atoms with Crippen molar-refractivity contribution in [2.24, 2.45) is 5.92 Å². The molecule has 0 bridgehead atoms.